The Morgan fingerprint density at radius 1 is 0.950 bits per heavy atom. The van der Waals surface area contributed by atoms with Crippen molar-refractivity contribution in [2.75, 3.05) is 10.6 Å². The van der Waals surface area contributed by atoms with E-state index in [1.807, 2.05) is 18.2 Å². The number of anilines is 2. The minimum Gasteiger partial charge on any atom is -0.478 e. The third kappa shape index (κ3) is 3.95. The number of nitrogens with one attached hydrogen (secondary N) is 2. The van der Waals surface area contributed by atoms with Gasteiger partial charge in [-0.1, -0.05) is 6.07 Å². The lowest BCUT2D eigenvalue weighted by Crippen LogP contribution is -2.19. The molecule has 0 heterocycles. The molecule has 0 aliphatic rings. The molecule has 2 aromatic rings. The quantitative estimate of drug-likeness (QED) is 0.710. The molecule has 0 aromatic heterocycles. The highest BCUT2D eigenvalue weighted by atomic mass is 127. The number of benzene rings is 2. The summed E-state index contributed by atoms with van der Waals surface area (Å²) in [4.78, 5) is 22.5. The van der Waals surface area contributed by atoms with Gasteiger partial charge in [-0.2, -0.15) is 0 Å². The zero-order valence-electron chi connectivity index (χ0n) is 10.3. The first kappa shape index (κ1) is 14.3. The van der Waals surface area contributed by atoms with Crippen LogP contribution in [-0.4, -0.2) is 17.1 Å². The molecule has 20 heavy (non-hydrogen) atoms. The van der Waals surface area contributed by atoms with Crippen LogP contribution in [0.3, 0.4) is 0 Å². The van der Waals surface area contributed by atoms with Crippen molar-refractivity contribution in [2.45, 2.75) is 0 Å². The van der Waals surface area contributed by atoms with Crippen LogP contribution >= 0.6 is 22.6 Å². The first-order chi connectivity index (χ1) is 9.54. The molecule has 2 amide bonds. The van der Waals surface area contributed by atoms with Crippen molar-refractivity contribution in [3.63, 3.8) is 0 Å². The van der Waals surface area contributed by atoms with Crippen molar-refractivity contribution in [1.29, 1.82) is 0 Å². The maximum absolute atomic E-state index is 11.8. The molecule has 2 aromatic carbocycles. The molecule has 0 radical (unpaired) electrons. The third-order valence-corrected chi connectivity index (χ3v) is 3.14. The summed E-state index contributed by atoms with van der Waals surface area (Å²) in [7, 11) is 0. The lowest BCUT2D eigenvalue weighted by molar-refractivity contribution is 0.0697. The van der Waals surface area contributed by atoms with Crippen LogP contribution in [0.4, 0.5) is 16.2 Å². The predicted molar refractivity (Wildman–Crippen MR) is 85.2 cm³/mol. The number of carboxylic acid groups (broad SMARTS) is 1. The molecule has 0 aliphatic heterocycles. The minimum absolute atomic E-state index is 0.175. The van der Waals surface area contributed by atoms with E-state index in [0.29, 0.717) is 11.4 Å². The molecule has 0 fully saturated rings. The molecule has 0 atom stereocenters. The van der Waals surface area contributed by atoms with Gasteiger partial charge in [0, 0.05) is 14.9 Å². The first-order valence-corrected chi connectivity index (χ1v) is 6.79. The van der Waals surface area contributed by atoms with Crippen LogP contribution in [0.1, 0.15) is 10.4 Å². The van der Waals surface area contributed by atoms with Crippen LogP contribution in [0.2, 0.25) is 0 Å². The Bertz CT molecular complexity index is 641. The Kier molecular flexibility index (Phi) is 4.57. The first-order valence-electron chi connectivity index (χ1n) is 5.71. The third-order valence-electron chi connectivity index (χ3n) is 2.47. The zero-order valence-corrected chi connectivity index (χ0v) is 12.4. The molecule has 2 rings (SSSR count). The number of rotatable bonds is 3. The number of urea groups is 1. The van der Waals surface area contributed by atoms with Gasteiger partial charge in [-0.25, -0.2) is 9.59 Å². The lowest BCUT2D eigenvalue weighted by atomic mass is 10.2. The monoisotopic (exact) mass is 382 g/mol. The zero-order chi connectivity index (χ0) is 14.5. The molecule has 3 N–H and O–H groups in total. The number of amides is 2. The van der Waals surface area contributed by atoms with Crippen LogP contribution < -0.4 is 10.6 Å². The highest BCUT2D eigenvalue weighted by molar-refractivity contribution is 14.1. The number of halogens is 1. The van der Waals surface area contributed by atoms with Gasteiger partial charge in [-0.05, 0) is 65.1 Å². The number of carboxylic acids is 1. The molecule has 5 nitrogen and oxygen atoms in total. The summed E-state index contributed by atoms with van der Waals surface area (Å²) in [5, 5.41) is 14.1. The van der Waals surface area contributed by atoms with Gasteiger partial charge < -0.3 is 15.7 Å². The Balaban J connectivity index is 1.99. The summed E-state index contributed by atoms with van der Waals surface area (Å²) >= 11 is 2.16. The molecule has 0 bridgehead atoms. The molecule has 0 saturated carbocycles. The summed E-state index contributed by atoms with van der Waals surface area (Å²) in [5.74, 6) is -1.00. The number of aromatic carboxylic acids is 1. The Morgan fingerprint density at radius 2 is 1.60 bits per heavy atom. The van der Waals surface area contributed by atoms with Crippen molar-refractivity contribution in [2.24, 2.45) is 0 Å². The summed E-state index contributed by atoms with van der Waals surface area (Å²) < 4.78 is 1.02. The van der Waals surface area contributed by atoms with Crippen LogP contribution in [0, 0.1) is 3.57 Å². The molecule has 6 heteroatoms. The summed E-state index contributed by atoms with van der Waals surface area (Å²) in [6.07, 6.45) is 0. The fraction of sp³-hybridized carbons (Fsp3) is 0. The van der Waals surface area contributed by atoms with Gasteiger partial charge in [0.2, 0.25) is 0 Å². The van der Waals surface area contributed by atoms with E-state index in [9.17, 15) is 9.59 Å². The summed E-state index contributed by atoms with van der Waals surface area (Å²) in [6.45, 7) is 0. The van der Waals surface area contributed by atoms with Crippen LogP contribution in [-0.2, 0) is 0 Å². The molecule has 0 aliphatic carbocycles. The van der Waals surface area contributed by atoms with E-state index in [-0.39, 0.29) is 11.6 Å². The van der Waals surface area contributed by atoms with Gasteiger partial charge >= 0.3 is 12.0 Å². The molecular formula is C14H11IN2O3. The Morgan fingerprint density at radius 3 is 2.20 bits per heavy atom. The van der Waals surface area contributed by atoms with Gasteiger partial charge in [-0.3, -0.25) is 0 Å². The lowest BCUT2D eigenvalue weighted by Gasteiger charge is -2.08. The number of hydrogen-bond donors (Lipinski definition) is 3. The predicted octanol–water partition coefficient (Wildman–Crippen LogP) is 3.63. The highest BCUT2D eigenvalue weighted by Gasteiger charge is 2.05. The van der Waals surface area contributed by atoms with Crippen molar-refractivity contribution in [3.05, 3.63) is 57.7 Å². The Hall–Kier alpha value is -2.09. The van der Waals surface area contributed by atoms with Crippen molar-refractivity contribution in [3.8, 4) is 0 Å². The van der Waals surface area contributed by atoms with E-state index in [2.05, 4.69) is 33.2 Å². The standard InChI is InChI=1S/C14H11IN2O3/c15-10-2-1-3-12(8-10)17-14(20)16-11-6-4-9(5-7-11)13(18)19/h1-8H,(H,18,19)(H2,16,17,20). The van der Waals surface area contributed by atoms with Crippen LogP contribution in [0.5, 0.6) is 0 Å². The van der Waals surface area contributed by atoms with Crippen LogP contribution in [0.15, 0.2) is 48.5 Å². The summed E-state index contributed by atoms with van der Waals surface area (Å²) in [6, 6.07) is 13.0. The van der Waals surface area contributed by atoms with E-state index in [1.165, 1.54) is 24.3 Å². The fourth-order valence-electron chi connectivity index (χ4n) is 1.56. The van der Waals surface area contributed by atoms with Crippen LogP contribution in [0.25, 0.3) is 0 Å². The fourth-order valence-corrected chi connectivity index (χ4v) is 2.10. The van der Waals surface area contributed by atoms with E-state index < -0.39 is 5.97 Å². The summed E-state index contributed by atoms with van der Waals surface area (Å²) in [5.41, 5.74) is 1.39. The molecule has 0 spiro atoms. The van der Waals surface area contributed by atoms with Gasteiger partial charge in [-0.15, -0.1) is 0 Å². The Labute approximate surface area is 129 Å². The van der Waals surface area contributed by atoms with Crippen molar-refractivity contribution < 1.29 is 14.7 Å². The van der Waals surface area contributed by atoms with E-state index >= 15 is 0 Å². The van der Waals surface area contributed by atoms with Gasteiger partial charge in [0.15, 0.2) is 0 Å². The largest absolute Gasteiger partial charge is 0.478 e. The SMILES string of the molecule is O=C(Nc1ccc(C(=O)O)cc1)Nc1cccc(I)c1. The topological polar surface area (TPSA) is 78.4 Å². The minimum atomic E-state index is -1.00. The van der Waals surface area contributed by atoms with E-state index in [1.54, 1.807) is 6.07 Å². The van der Waals surface area contributed by atoms with Gasteiger partial charge in [0.25, 0.3) is 0 Å². The molecular weight excluding hydrogens is 371 g/mol. The van der Waals surface area contributed by atoms with Crippen molar-refractivity contribution in [1.82, 2.24) is 0 Å². The van der Waals surface area contributed by atoms with Gasteiger partial charge in [0.05, 0.1) is 5.56 Å². The second-order valence-electron chi connectivity index (χ2n) is 3.97. The van der Waals surface area contributed by atoms with Crippen molar-refractivity contribution >= 4 is 46.0 Å². The second-order valence-corrected chi connectivity index (χ2v) is 5.22. The second kappa shape index (κ2) is 6.38. The van der Waals surface area contributed by atoms with Gasteiger partial charge in [0.1, 0.15) is 0 Å². The average Bonchev–Trinajstić information content (AvgIpc) is 2.39. The molecule has 0 unspecified atom stereocenters. The number of hydrogen-bond acceptors (Lipinski definition) is 2. The molecule has 0 saturated heterocycles. The maximum atomic E-state index is 11.8. The average molecular weight is 382 g/mol. The van der Waals surface area contributed by atoms with E-state index in [0.717, 1.165) is 3.57 Å². The van der Waals surface area contributed by atoms with E-state index in [4.69, 9.17) is 5.11 Å². The number of carbonyl (C=O) groups excluding carboxylic acids is 1. The smallest absolute Gasteiger partial charge is 0.335 e. The number of carbonyl (C=O) groups is 2. The maximum Gasteiger partial charge on any atom is 0.335 e. The normalized spacial score (nSPS) is 9.85. The molecule has 102 valence electrons. The highest BCUT2D eigenvalue weighted by Crippen LogP contribution is 2.14.